The molecule has 2 aromatic carbocycles. The van der Waals surface area contributed by atoms with Crippen LogP contribution in [-0.2, 0) is 16.1 Å². The van der Waals surface area contributed by atoms with Gasteiger partial charge in [-0.2, -0.15) is 0 Å². The van der Waals surface area contributed by atoms with Gasteiger partial charge in [0.25, 0.3) is 11.8 Å². The molecule has 0 radical (unpaired) electrons. The summed E-state index contributed by atoms with van der Waals surface area (Å²) in [5.74, 6) is -1.19. The monoisotopic (exact) mass is 412 g/mol. The van der Waals surface area contributed by atoms with Crippen LogP contribution < -0.4 is 16.5 Å². The van der Waals surface area contributed by atoms with E-state index in [2.05, 4.69) is 34.5 Å². The van der Waals surface area contributed by atoms with E-state index in [0.717, 1.165) is 44.0 Å². The smallest absolute Gasteiger partial charge is 0.267 e. The molecule has 2 amide bonds. The van der Waals surface area contributed by atoms with Gasteiger partial charge in [-0.05, 0) is 35.7 Å². The predicted octanol–water partition coefficient (Wildman–Crippen LogP) is 1.14. The highest BCUT2D eigenvalue weighted by atomic mass is 16.5. The minimum Gasteiger partial charge on any atom is -0.379 e. The number of morpholine rings is 1. The molecule has 1 aliphatic heterocycles. The zero-order chi connectivity index (χ0) is 21.5. The number of nitrogens with zero attached hydrogens (tertiary/aromatic N) is 1. The Balaban J connectivity index is 1.63. The van der Waals surface area contributed by atoms with Crippen LogP contribution in [0.25, 0.3) is 11.1 Å². The van der Waals surface area contributed by atoms with Gasteiger partial charge in [0.2, 0.25) is 0 Å². The summed E-state index contributed by atoms with van der Waals surface area (Å²) in [5.41, 5.74) is 10.9. The third-order valence-electron chi connectivity index (χ3n) is 5.15. The third-order valence-corrected chi connectivity index (χ3v) is 5.15. The van der Waals surface area contributed by atoms with Gasteiger partial charge in [0.1, 0.15) is 6.04 Å². The number of carbonyl (C=O) groups excluding carboxylic acids is 2. The second-order valence-corrected chi connectivity index (χ2v) is 7.45. The Bertz CT molecular complexity index is 846. The second kappa shape index (κ2) is 10.3. The van der Waals surface area contributed by atoms with Crippen molar-refractivity contribution in [2.75, 3.05) is 26.3 Å². The maximum absolute atomic E-state index is 12.4. The van der Waals surface area contributed by atoms with Gasteiger partial charge in [0.05, 0.1) is 13.2 Å². The van der Waals surface area contributed by atoms with Crippen LogP contribution in [-0.4, -0.2) is 60.3 Å². The van der Waals surface area contributed by atoms with E-state index in [0.29, 0.717) is 5.56 Å². The third kappa shape index (κ3) is 5.64. The molecule has 2 aromatic rings. The van der Waals surface area contributed by atoms with Crippen LogP contribution in [0.5, 0.6) is 0 Å². The summed E-state index contributed by atoms with van der Waals surface area (Å²) in [7, 11) is 0. The molecular formula is C22H28N4O4. The average molecular weight is 412 g/mol. The quantitative estimate of drug-likeness (QED) is 0.400. The van der Waals surface area contributed by atoms with Crippen LogP contribution >= 0.6 is 0 Å². The van der Waals surface area contributed by atoms with E-state index < -0.39 is 23.9 Å². The van der Waals surface area contributed by atoms with Crippen LogP contribution in [0.15, 0.2) is 48.5 Å². The highest BCUT2D eigenvalue weighted by Crippen LogP contribution is 2.21. The van der Waals surface area contributed by atoms with Gasteiger partial charge in [0, 0.05) is 31.2 Å². The summed E-state index contributed by atoms with van der Waals surface area (Å²) < 4.78 is 5.38. The van der Waals surface area contributed by atoms with Gasteiger partial charge in [-0.3, -0.25) is 19.7 Å². The molecule has 160 valence electrons. The molecule has 0 spiro atoms. The molecule has 1 aliphatic rings. The zero-order valence-electron chi connectivity index (χ0n) is 17.0. The average Bonchev–Trinajstić information content (AvgIpc) is 2.78. The van der Waals surface area contributed by atoms with Crippen LogP contribution in [0.1, 0.15) is 22.8 Å². The minimum absolute atomic E-state index is 0.402. The molecule has 30 heavy (non-hydrogen) atoms. The Morgan fingerprint density at radius 1 is 1.07 bits per heavy atom. The second-order valence-electron chi connectivity index (χ2n) is 7.45. The molecule has 0 bridgehead atoms. The summed E-state index contributed by atoms with van der Waals surface area (Å²) in [6.45, 7) is 5.96. The number of hydrogen-bond acceptors (Lipinski definition) is 6. The van der Waals surface area contributed by atoms with Crippen molar-refractivity contribution in [3.8, 4) is 11.1 Å². The van der Waals surface area contributed by atoms with E-state index in [1.54, 1.807) is 19.1 Å². The van der Waals surface area contributed by atoms with E-state index in [1.165, 1.54) is 11.0 Å². The molecule has 1 fully saturated rings. The summed E-state index contributed by atoms with van der Waals surface area (Å²) in [4.78, 5) is 26.4. The molecule has 8 nitrogen and oxygen atoms in total. The molecule has 1 heterocycles. The lowest BCUT2D eigenvalue weighted by Gasteiger charge is -2.26. The Kier molecular flexibility index (Phi) is 7.53. The fourth-order valence-electron chi connectivity index (χ4n) is 3.36. The van der Waals surface area contributed by atoms with Gasteiger partial charge in [-0.15, -0.1) is 0 Å². The fraction of sp³-hybridized carbons (Fsp3) is 0.364. The van der Waals surface area contributed by atoms with Crippen molar-refractivity contribution in [3.63, 3.8) is 0 Å². The number of benzene rings is 2. The molecule has 0 saturated carbocycles. The first kappa shape index (κ1) is 21.9. The lowest BCUT2D eigenvalue weighted by Crippen LogP contribution is -2.54. The van der Waals surface area contributed by atoms with Gasteiger partial charge in [-0.1, -0.05) is 36.4 Å². The van der Waals surface area contributed by atoms with E-state index in [-0.39, 0.29) is 0 Å². The van der Waals surface area contributed by atoms with Crippen molar-refractivity contribution < 1.29 is 19.5 Å². The van der Waals surface area contributed by atoms with Gasteiger partial charge >= 0.3 is 0 Å². The van der Waals surface area contributed by atoms with Crippen LogP contribution in [0.2, 0.25) is 0 Å². The van der Waals surface area contributed by atoms with Crippen molar-refractivity contribution in [2.24, 2.45) is 5.73 Å². The Morgan fingerprint density at radius 2 is 1.63 bits per heavy atom. The molecular weight excluding hydrogens is 384 g/mol. The Morgan fingerprint density at radius 3 is 2.17 bits per heavy atom. The van der Waals surface area contributed by atoms with Crippen molar-refractivity contribution in [1.82, 2.24) is 15.7 Å². The van der Waals surface area contributed by atoms with Gasteiger partial charge < -0.3 is 15.8 Å². The fourth-order valence-corrected chi connectivity index (χ4v) is 3.36. The lowest BCUT2D eigenvalue weighted by atomic mass is 10.0. The summed E-state index contributed by atoms with van der Waals surface area (Å²) in [6, 6.07) is 13.8. The molecule has 2 atom stereocenters. The molecule has 5 N–H and O–H groups in total. The number of ether oxygens (including phenoxy) is 1. The number of nitrogens with two attached hydrogens (primary N) is 1. The molecule has 2 unspecified atom stereocenters. The van der Waals surface area contributed by atoms with E-state index in [4.69, 9.17) is 15.7 Å². The van der Waals surface area contributed by atoms with Crippen molar-refractivity contribution in [2.45, 2.75) is 25.6 Å². The maximum atomic E-state index is 12.4. The minimum atomic E-state index is -1.03. The van der Waals surface area contributed by atoms with Crippen molar-refractivity contribution in [3.05, 3.63) is 59.7 Å². The number of amides is 2. The van der Waals surface area contributed by atoms with Crippen LogP contribution in [0.3, 0.4) is 0 Å². The first-order valence-electron chi connectivity index (χ1n) is 9.98. The molecule has 8 heteroatoms. The van der Waals surface area contributed by atoms with E-state index >= 15 is 0 Å². The molecule has 3 rings (SSSR count). The number of hydroxylamine groups is 1. The van der Waals surface area contributed by atoms with Crippen molar-refractivity contribution in [1.29, 1.82) is 0 Å². The summed E-state index contributed by atoms with van der Waals surface area (Å²) >= 11 is 0. The van der Waals surface area contributed by atoms with Crippen LogP contribution in [0.4, 0.5) is 0 Å². The van der Waals surface area contributed by atoms with Crippen molar-refractivity contribution >= 4 is 11.8 Å². The first-order valence-corrected chi connectivity index (χ1v) is 9.98. The summed E-state index contributed by atoms with van der Waals surface area (Å²) in [5, 5.41) is 11.3. The van der Waals surface area contributed by atoms with Gasteiger partial charge in [0.15, 0.2) is 0 Å². The standard InChI is InChI=1S/C22H28N4O4/c1-15(23)20(22(28)25-29)24-21(27)19-8-6-18(7-9-19)17-4-2-16(3-5-17)14-26-10-12-30-13-11-26/h2-9,15,20,29H,10-14,23H2,1H3,(H,24,27)(H,25,28). The Labute approximate surface area is 176 Å². The highest BCUT2D eigenvalue weighted by molar-refractivity contribution is 5.98. The zero-order valence-corrected chi connectivity index (χ0v) is 17.0. The molecule has 1 saturated heterocycles. The van der Waals surface area contributed by atoms with E-state index in [9.17, 15) is 9.59 Å². The topological polar surface area (TPSA) is 117 Å². The number of carbonyl (C=O) groups is 2. The lowest BCUT2D eigenvalue weighted by molar-refractivity contribution is -0.131. The number of nitrogens with one attached hydrogen (secondary N) is 2. The summed E-state index contributed by atoms with van der Waals surface area (Å²) in [6.07, 6.45) is 0. The largest absolute Gasteiger partial charge is 0.379 e. The van der Waals surface area contributed by atoms with E-state index in [1.807, 2.05) is 12.1 Å². The number of hydrogen-bond donors (Lipinski definition) is 4. The highest BCUT2D eigenvalue weighted by Gasteiger charge is 2.24. The van der Waals surface area contributed by atoms with Gasteiger partial charge in [-0.25, -0.2) is 5.48 Å². The maximum Gasteiger partial charge on any atom is 0.267 e. The first-order chi connectivity index (χ1) is 14.5. The SMILES string of the molecule is CC(N)C(NC(=O)c1ccc(-c2ccc(CN3CCOCC3)cc2)cc1)C(=O)NO. The molecule has 0 aliphatic carbocycles. The van der Waals surface area contributed by atoms with Crippen LogP contribution in [0, 0.1) is 0 Å². The Hall–Kier alpha value is -2.78. The predicted molar refractivity (Wildman–Crippen MR) is 113 cm³/mol. The molecule has 0 aromatic heterocycles. The number of rotatable bonds is 7. The normalized spacial score (nSPS) is 16.5.